The second kappa shape index (κ2) is 3.88. The van der Waals surface area contributed by atoms with Crippen molar-refractivity contribution >= 4 is 0 Å². The number of halogens is 1. The third-order valence-electron chi connectivity index (χ3n) is 2.37. The van der Waals surface area contributed by atoms with Crippen molar-refractivity contribution in [2.24, 2.45) is 0 Å². The predicted molar refractivity (Wildman–Crippen MR) is 51.1 cm³/mol. The third kappa shape index (κ3) is 1.89. The van der Waals surface area contributed by atoms with Crippen LogP contribution < -0.4 is 0 Å². The molecule has 0 amide bonds. The summed E-state index contributed by atoms with van der Waals surface area (Å²) in [5.74, 6) is -0.204. The second-order valence-electron chi connectivity index (χ2n) is 3.33. The molecule has 0 aromatic heterocycles. The normalized spacial score (nSPS) is 13.0. The van der Waals surface area contributed by atoms with Gasteiger partial charge in [0.1, 0.15) is 5.82 Å². The Morgan fingerprint density at radius 3 is 2.54 bits per heavy atom. The molecule has 0 saturated carbocycles. The fraction of sp³-hybridized carbons (Fsp3) is 0.455. The molecule has 13 heavy (non-hydrogen) atoms. The fourth-order valence-corrected chi connectivity index (χ4v) is 1.42. The summed E-state index contributed by atoms with van der Waals surface area (Å²) in [6, 6.07) is 3.50. The van der Waals surface area contributed by atoms with Gasteiger partial charge < -0.3 is 5.11 Å². The first-order valence-corrected chi connectivity index (χ1v) is 4.51. The van der Waals surface area contributed by atoms with Crippen LogP contribution in [0.3, 0.4) is 0 Å². The molecule has 72 valence electrons. The number of aliphatic hydroxyl groups excluding tert-OH is 1. The molecule has 1 aromatic rings. The lowest BCUT2D eigenvalue weighted by Crippen LogP contribution is -2.01. The van der Waals surface area contributed by atoms with E-state index in [4.69, 9.17) is 0 Å². The minimum absolute atomic E-state index is 0.204. The molecule has 0 radical (unpaired) electrons. The van der Waals surface area contributed by atoms with E-state index in [1.165, 1.54) is 0 Å². The van der Waals surface area contributed by atoms with E-state index >= 15 is 0 Å². The van der Waals surface area contributed by atoms with Crippen molar-refractivity contribution in [2.45, 2.75) is 33.3 Å². The van der Waals surface area contributed by atoms with E-state index in [0.717, 1.165) is 0 Å². The second-order valence-corrected chi connectivity index (χ2v) is 3.33. The monoisotopic (exact) mass is 182 g/mol. The Kier molecular flexibility index (Phi) is 3.04. The van der Waals surface area contributed by atoms with Gasteiger partial charge in [0.25, 0.3) is 0 Å². The molecule has 1 atom stereocenters. The summed E-state index contributed by atoms with van der Waals surface area (Å²) in [7, 11) is 0. The van der Waals surface area contributed by atoms with Crippen molar-refractivity contribution in [2.75, 3.05) is 0 Å². The van der Waals surface area contributed by atoms with Gasteiger partial charge in [0.2, 0.25) is 0 Å². The van der Waals surface area contributed by atoms with E-state index in [-0.39, 0.29) is 5.82 Å². The van der Waals surface area contributed by atoms with Crippen molar-refractivity contribution in [3.05, 3.63) is 34.6 Å². The van der Waals surface area contributed by atoms with Crippen molar-refractivity contribution < 1.29 is 9.50 Å². The summed E-state index contributed by atoms with van der Waals surface area (Å²) >= 11 is 0. The molecule has 1 nitrogen and oxygen atoms in total. The molecule has 0 saturated heterocycles. The van der Waals surface area contributed by atoms with E-state index in [1.54, 1.807) is 26.0 Å². The largest absolute Gasteiger partial charge is 0.388 e. The maximum absolute atomic E-state index is 13.4. The van der Waals surface area contributed by atoms with E-state index in [9.17, 15) is 9.50 Å². The minimum atomic E-state index is -0.546. The minimum Gasteiger partial charge on any atom is -0.388 e. The van der Waals surface area contributed by atoms with E-state index in [2.05, 4.69) is 0 Å². The maximum Gasteiger partial charge on any atom is 0.129 e. The van der Waals surface area contributed by atoms with Gasteiger partial charge in [-0.15, -0.1) is 0 Å². The third-order valence-corrected chi connectivity index (χ3v) is 2.37. The van der Waals surface area contributed by atoms with Crippen LogP contribution in [0.25, 0.3) is 0 Å². The lowest BCUT2D eigenvalue weighted by molar-refractivity contribution is 0.172. The van der Waals surface area contributed by atoms with E-state index < -0.39 is 6.10 Å². The highest BCUT2D eigenvalue weighted by Gasteiger charge is 2.12. The Hall–Kier alpha value is -0.890. The first-order valence-electron chi connectivity index (χ1n) is 4.51. The maximum atomic E-state index is 13.4. The van der Waals surface area contributed by atoms with Crippen LogP contribution in [-0.2, 0) is 0 Å². The molecule has 0 aliphatic heterocycles. The van der Waals surface area contributed by atoms with Gasteiger partial charge >= 0.3 is 0 Å². The number of aryl methyl sites for hydroxylation is 1. The van der Waals surface area contributed by atoms with Crippen LogP contribution in [0.4, 0.5) is 4.39 Å². The number of aliphatic hydroxyl groups is 1. The molecule has 0 aliphatic carbocycles. The van der Waals surface area contributed by atoms with Crippen LogP contribution >= 0.6 is 0 Å². The van der Waals surface area contributed by atoms with Crippen LogP contribution in [0.1, 0.15) is 36.1 Å². The lowest BCUT2D eigenvalue weighted by Gasteiger charge is -2.13. The molecule has 0 fully saturated rings. The van der Waals surface area contributed by atoms with Crippen molar-refractivity contribution in [1.82, 2.24) is 0 Å². The van der Waals surface area contributed by atoms with Gasteiger partial charge in [-0.25, -0.2) is 4.39 Å². The highest BCUT2D eigenvalue weighted by atomic mass is 19.1. The Morgan fingerprint density at radius 2 is 2.00 bits per heavy atom. The zero-order chi connectivity index (χ0) is 10.0. The summed E-state index contributed by atoms with van der Waals surface area (Å²) in [5.41, 5.74) is 1.89. The zero-order valence-electron chi connectivity index (χ0n) is 8.26. The molecule has 2 heteroatoms. The summed E-state index contributed by atoms with van der Waals surface area (Å²) in [5, 5.41) is 9.56. The molecular formula is C11H15FO. The SMILES string of the molecule is CCC(O)c1ccc(C)c(F)c1C. The molecule has 0 bridgehead atoms. The summed E-state index contributed by atoms with van der Waals surface area (Å²) in [6.07, 6.45) is 0.0682. The molecular weight excluding hydrogens is 167 g/mol. The van der Waals surface area contributed by atoms with Crippen LogP contribution in [-0.4, -0.2) is 5.11 Å². The highest BCUT2D eigenvalue weighted by Crippen LogP contribution is 2.23. The van der Waals surface area contributed by atoms with Gasteiger partial charge in [-0.2, -0.15) is 0 Å². The molecule has 1 aromatic carbocycles. The van der Waals surface area contributed by atoms with Gasteiger partial charge in [0.15, 0.2) is 0 Å². The van der Waals surface area contributed by atoms with Gasteiger partial charge in [0.05, 0.1) is 6.10 Å². The van der Waals surface area contributed by atoms with Crippen molar-refractivity contribution in [3.63, 3.8) is 0 Å². The summed E-state index contributed by atoms with van der Waals surface area (Å²) < 4.78 is 13.4. The standard InChI is InChI=1S/C11H15FO/c1-4-10(13)9-6-5-7(2)11(12)8(9)3/h5-6,10,13H,4H2,1-3H3. The number of hydrogen-bond acceptors (Lipinski definition) is 1. The highest BCUT2D eigenvalue weighted by molar-refractivity contribution is 5.33. The lowest BCUT2D eigenvalue weighted by atomic mass is 9.99. The first kappa shape index (κ1) is 10.2. The molecule has 1 N–H and O–H groups in total. The Balaban J connectivity index is 3.18. The Labute approximate surface area is 78.2 Å². The average Bonchev–Trinajstić information content (AvgIpc) is 2.13. The van der Waals surface area contributed by atoms with Crippen LogP contribution in [0.5, 0.6) is 0 Å². The molecule has 0 heterocycles. The summed E-state index contributed by atoms with van der Waals surface area (Å²) in [6.45, 7) is 5.31. The molecule has 1 unspecified atom stereocenters. The number of benzene rings is 1. The molecule has 0 spiro atoms. The average molecular weight is 182 g/mol. The number of rotatable bonds is 2. The quantitative estimate of drug-likeness (QED) is 0.745. The van der Waals surface area contributed by atoms with Gasteiger partial charge in [-0.1, -0.05) is 19.1 Å². The van der Waals surface area contributed by atoms with Crippen LogP contribution in [0.15, 0.2) is 12.1 Å². The van der Waals surface area contributed by atoms with Gasteiger partial charge in [0, 0.05) is 0 Å². The smallest absolute Gasteiger partial charge is 0.129 e. The van der Waals surface area contributed by atoms with Crippen LogP contribution in [0.2, 0.25) is 0 Å². The van der Waals surface area contributed by atoms with Gasteiger partial charge in [-0.3, -0.25) is 0 Å². The van der Waals surface area contributed by atoms with Crippen LogP contribution in [0, 0.1) is 19.7 Å². The van der Waals surface area contributed by atoms with E-state index in [1.807, 2.05) is 6.92 Å². The topological polar surface area (TPSA) is 20.2 Å². The Bertz CT molecular complexity index is 307. The predicted octanol–water partition coefficient (Wildman–Crippen LogP) is 2.89. The van der Waals surface area contributed by atoms with Crippen molar-refractivity contribution in [3.8, 4) is 0 Å². The first-order chi connectivity index (χ1) is 6.07. The Morgan fingerprint density at radius 1 is 1.38 bits per heavy atom. The molecule has 1 rings (SSSR count). The van der Waals surface area contributed by atoms with E-state index in [0.29, 0.717) is 23.1 Å². The summed E-state index contributed by atoms with van der Waals surface area (Å²) in [4.78, 5) is 0. The van der Waals surface area contributed by atoms with Crippen molar-refractivity contribution in [1.29, 1.82) is 0 Å². The van der Waals surface area contributed by atoms with Gasteiger partial charge in [-0.05, 0) is 37.0 Å². The number of hydrogen-bond donors (Lipinski definition) is 1. The zero-order valence-corrected chi connectivity index (χ0v) is 8.26. The molecule has 0 aliphatic rings. The fourth-order valence-electron chi connectivity index (χ4n) is 1.42.